The van der Waals surface area contributed by atoms with E-state index in [2.05, 4.69) is 13.8 Å². The van der Waals surface area contributed by atoms with Crippen LogP contribution >= 0.6 is 0 Å². The second-order valence-corrected chi connectivity index (χ2v) is 11.9. The van der Waals surface area contributed by atoms with Gasteiger partial charge in [-0.3, -0.25) is 4.79 Å². The Balaban J connectivity index is 1.22. The molecule has 34 heavy (non-hydrogen) atoms. The summed E-state index contributed by atoms with van der Waals surface area (Å²) < 4.78 is 18.5. The third-order valence-electron chi connectivity index (χ3n) is 9.09. The zero-order chi connectivity index (χ0) is 24.2. The lowest BCUT2D eigenvalue weighted by atomic mass is 9.59. The van der Waals surface area contributed by atoms with Crippen LogP contribution in [0.4, 0.5) is 0 Å². The Labute approximate surface area is 206 Å². The van der Waals surface area contributed by atoms with Gasteiger partial charge in [0.05, 0.1) is 18.6 Å². The highest BCUT2D eigenvalue weighted by molar-refractivity contribution is 5.71. The van der Waals surface area contributed by atoms with Crippen molar-refractivity contribution in [3.63, 3.8) is 0 Å². The second-order valence-electron chi connectivity index (χ2n) is 11.9. The van der Waals surface area contributed by atoms with Crippen LogP contribution in [0.15, 0.2) is 0 Å². The number of rotatable bonds is 13. The van der Waals surface area contributed by atoms with E-state index in [4.69, 9.17) is 24.0 Å². The van der Waals surface area contributed by atoms with Crippen molar-refractivity contribution in [3.8, 4) is 0 Å². The summed E-state index contributed by atoms with van der Waals surface area (Å²) in [5, 5.41) is 0. The molecule has 5 aliphatic rings. The molecule has 4 saturated heterocycles. The van der Waals surface area contributed by atoms with E-state index in [1.165, 1.54) is 51.4 Å². The molecular weight excluding hydrogens is 432 g/mol. The van der Waals surface area contributed by atoms with Gasteiger partial charge in [0.25, 0.3) is 0 Å². The third kappa shape index (κ3) is 5.35. The van der Waals surface area contributed by atoms with E-state index in [0.29, 0.717) is 18.4 Å². The van der Waals surface area contributed by atoms with Crippen LogP contribution in [-0.4, -0.2) is 35.9 Å². The molecule has 0 amide bonds. The molecule has 6 nitrogen and oxygen atoms in total. The van der Waals surface area contributed by atoms with Crippen molar-refractivity contribution in [1.29, 1.82) is 0 Å². The second kappa shape index (κ2) is 11.1. The lowest BCUT2D eigenvalue weighted by molar-refractivity contribution is -0.541. The van der Waals surface area contributed by atoms with E-state index < -0.39 is 23.3 Å². The normalized spacial score (nSPS) is 40.7. The lowest BCUT2D eigenvalue weighted by Crippen LogP contribution is -2.61. The third-order valence-corrected chi connectivity index (χ3v) is 9.09. The largest absolute Gasteiger partial charge is 0.466 e. The number of fused-ring (bicyclic) bond motifs is 2. The van der Waals surface area contributed by atoms with Gasteiger partial charge in [0.2, 0.25) is 5.79 Å². The van der Waals surface area contributed by atoms with Gasteiger partial charge in [0.15, 0.2) is 11.9 Å². The standard InChI is InChI=1S/C28H48O6/c1-5-6-7-8-9-10-11-12-13-14-19-30-24(29)20-26(3)23-16-15-21(2)22-17-18-27(4)32-25(31-26)28(22,23)34-33-27/h21-23,25H,5-20H2,1-4H3/t21-,22+,23+,25-,26+,27-,28-/m1/s1. The summed E-state index contributed by atoms with van der Waals surface area (Å²) in [6.45, 7) is 9.02. The van der Waals surface area contributed by atoms with E-state index in [9.17, 15) is 4.79 Å². The Morgan fingerprint density at radius 1 is 0.882 bits per heavy atom. The van der Waals surface area contributed by atoms with E-state index in [0.717, 1.165) is 38.5 Å². The maximum atomic E-state index is 12.8. The number of carbonyl (C=O) groups is 1. The van der Waals surface area contributed by atoms with Crippen LogP contribution in [0.2, 0.25) is 0 Å². The van der Waals surface area contributed by atoms with Crippen molar-refractivity contribution < 1.29 is 28.8 Å². The topological polar surface area (TPSA) is 63.2 Å². The molecule has 1 spiro atoms. The molecular formula is C28H48O6. The van der Waals surface area contributed by atoms with Crippen LogP contribution in [0.25, 0.3) is 0 Å². The minimum Gasteiger partial charge on any atom is -0.466 e. The van der Waals surface area contributed by atoms with Crippen molar-refractivity contribution in [1.82, 2.24) is 0 Å². The Morgan fingerprint density at radius 2 is 1.56 bits per heavy atom. The molecule has 0 N–H and O–H groups in total. The summed E-state index contributed by atoms with van der Waals surface area (Å²) in [6.07, 6.45) is 16.3. The van der Waals surface area contributed by atoms with Crippen molar-refractivity contribution >= 4 is 5.97 Å². The molecule has 1 aliphatic carbocycles. The van der Waals surface area contributed by atoms with Gasteiger partial charge in [-0.25, -0.2) is 9.78 Å². The van der Waals surface area contributed by atoms with Gasteiger partial charge in [-0.15, -0.1) is 0 Å². The van der Waals surface area contributed by atoms with Crippen LogP contribution in [0.3, 0.4) is 0 Å². The lowest BCUT2D eigenvalue weighted by Gasteiger charge is -2.50. The highest BCUT2D eigenvalue weighted by Gasteiger charge is 2.74. The predicted molar refractivity (Wildman–Crippen MR) is 130 cm³/mol. The summed E-state index contributed by atoms with van der Waals surface area (Å²) in [5.41, 5.74) is -1.29. The molecule has 4 heterocycles. The Hall–Kier alpha value is -0.690. The van der Waals surface area contributed by atoms with Crippen LogP contribution in [0.1, 0.15) is 124 Å². The smallest absolute Gasteiger partial charge is 0.308 e. The molecule has 0 radical (unpaired) electrons. The molecule has 7 atom stereocenters. The SMILES string of the molecule is CCCCCCCCCCCCOC(=O)C[C@]1(C)O[C@@H]2O[C@@]3(C)CC[C@H]4[C@H](C)CC[C@@H]1[C@@]24OO3. The molecule has 4 aliphatic heterocycles. The first kappa shape index (κ1) is 26.4. The summed E-state index contributed by atoms with van der Waals surface area (Å²) in [6, 6.07) is 0. The summed E-state index contributed by atoms with van der Waals surface area (Å²) >= 11 is 0. The van der Waals surface area contributed by atoms with Crippen molar-refractivity contribution in [2.75, 3.05) is 6.61 Å². The monoisotopic (exact) mass is 480 g/mol. The maximum Gasteiger partial charge on any atom is 0.308 e. The van der Waals surface area contributed by atoms with E-state index in [1.807, 2.05) is 13.8 Å². The molecule has 196 valence electrons. The van der Waals surface area contributed by atoms with Gasteiger partial charge in [0, 0.05) is 12.3 Å². The quantitative estimate of drug-likeness (QED) is 0.163. The maximum absolute atomic E-state index is 12.8. The zero-order valence-electron chi connectivity index (χ0n) is 22.1. The fourth-order valence-corrected chi connectivity index (χ4v) is 7.09. The Morgan fingerprint density at radius 3 is 2.26 bits per heavy atom. The average molecular weight is 481 g/mol. The van der Waals surface area contributed by atoms with Crippen LogP contribution in [0, 0.1) is 17.8 Å². The molecule has 0 aromatic carbocycles. The number of hydrogen-bond donors (Lipinski definition) is 0. The van der Waals surface area contributed by atoms with Gasteiger partial charge in [-0.05, 0) is 51.4 Å². The summed E-state index contributed by atoms with van der Waals surface area (Å²) in [4.78, 5) is 24.8. The minimum absolute atomic E-state index is 0.0544. The molecule has 6 heteroatoms. The Bertz CT molecular complexity index is 684. The number of esters is 1. The van der Waals surface area contributed by atoms with E-state index in [1.54, 1.807) is 0 Å². The molecule has 1 saturated carbocycles. The summed E-state index contributed by atoms with van der Waals surface area (Å²) in [7, 11) is 0. The van der Waals surface area contributed by atoms with Crippen molar-refractivity contribution in [3.05, 3.63) is 0 Å². The van der Waals surface area contributed by atoms with Crippen LogP contribution < -0.4 is 0 Å². The number of ether oxygens (including phenoxy) is 3. The van der Waals surface area contributed by atoms with Gasteiger partial charge >= 0.3 is 5.97 Å². The van der Waals surface area contributed by atoms with Gasteiger partial charge in [-0.2, -0.15) is 0 Å². The number of hydrogen-bond acceptors (Lipinski definition) is 6. The van der Waals surface area contributed by atoms with Gasteiger partial charge < -0.3 is 14.2 Å². The zero-order valence-corrected chi connectivity index (χ0v) is 22.1. The highest BCUT2D eigenvalue weighted by Crippen LogP contribution is 2.63. The molecule has 5 rings (SSSR count). The van der Waals surface area contributed by atoms with Crippen LogP contribution in [0.5, 0.6) is 0 Å². The van der Waals surface area contributed by atoms with E-state index in [-0.39, 0.29) is 18.3 Å². The molecule has 2 bridgehead atoms. The number of unbranched alkanes of at least 4 members (excludes halogenated alkanes) is 9. The molecule has 0 unspecified atom stereocenters. The highest BCUT2D eigenvalue weighted by atomic mass is 17.3. The van der Waals surface area contributed by atoms with Gasteiger partial charge in [-0.1, -0.05) is 71.6 Å². The minimum atomic E-state index is -0.779. The first-order valence-corrected chi connectivity index (χ1v) is 14.2. The van der Waals surface area contributed by atoms with E-state index >= 15 is 0 Å². The first-order valence-electron chi connectivity index (χ1n) is 14.2. The molecule has 5 fully saturated rings. The van der Waals surface area contributed by atoms with Gasteiger partial charge in [0.1, 0.15) is 0 Å². The molecule has 0 aromatic heterocycles. The molecule has 0 aromatic rings. The number of carbonyl (C=O) groups excluding carboxylic acids is 1. The van der Waals surface area contributed by atoms with Crippen molar-refractivity contribution in [2.45, 2.75) is 147 Å². The fraction of sp³-hybridized carbons (Fsp3) is 0.964. The van der Waals surface area contributed by atoms with Crippen molar-refractivity contribution in [2.24, 2.45) is 17.8 Å². The summed E-state index contributed by atoms with van der Waals surface area (Å²) in [5.74, 6) is -0.0775. The average Bonchev–Trinajstić information content (AvgIpc) is 2.88. The van der Waals surface area contributed by atoms with Crippen LogP contribution in [-0.2, 0) is 28.8 Å². The first-order chi connectivity index (χ1) is 16.3. The Kier molecular flexibility index (Phi) is 8.65. The predicted octanol–water partition coefficient (Wildman–Crippen LogP) is 6.85. The fourth-order valence-electron chi connectivity index (χ4n) is 7.09.